The van der Waals surface area contributed by atoms with Crippen molar-refractivity contribution in [3.8, 4) is 0 Å². The van der Waals surface area contributed by atoms with Crippen molar-refractivity contribution in [2.45, 2.75) is 30.7 Å². The Morgan fingerprint density at radius 1 is 1.45 bits per heavy atom. The maximum absolute atomic E-state index is 12.4. The summed E-state index contributed by atoms with van der Waals surface area (Å²) in [7, 11) is -2.21. The van der Waals surface area contributed by atoms with Gasteiger partial charge in [-0.05, 0) is 30.5 Å². The van der Waals surface area contributed by atoms with Gasteiger partial charge in [-0.15, -0.1) is 0 Å². The van der Waals surface area contributed by atoms with Crippen LogP contribution < -0.4 is 10.5 Å². The maximum atomic E-state index is 12.4. The molecule has 0 aliphatic carbocycles. The molecule has 7 heteroatoms. The summed E-state index contributed by atoms with van der Waals surface area (Å²) < 4.78 is 32.3. The second-order valence-corrected chi connectivity index (χ2v) is 6.19. The van der Waals surface area contributed by atoms with E-state index in [1.807, 2.05) is 6.92 Å². The second kappa shape index (κ2) is 7.58. The Bertz CT molecular complexity index is 525. The number of methoxy groups -OCH3 is 1. The Hall–Kier alpha value is -1.15. The topological polar surface area (TPSA) is 102 Å². The van der Waals surface area contributed by atoms with Crippen molar-refractivity contribution in [3.05, 3.63) is 23.8 Å². The van der Waals surface area contributed by atoms with E-state index < -0.39 is 16.1 Å². The summed E-state index contributed by atoms with van der Waals surface area (Å²) in [5, 5.41) is 8.97. The van der Waals surface area contributed by atoms with Gasteiger partial charge >= 0.3 is 0 Å². The fourth-order valence-corrected chi connectivity index (χ4v) is 3.53. The number of nitrogen functional groups attached to an aromatic ring is 1. The van der Waals surface area contributed by atoms with Crippen LogP contribution in [-0.4, -0.2) is 39.9 Å². The average Bonchev–Trinajstić information content (AvgIpc) is 2.39. The molecule has 0 bridgehead atoms. The zero-order chi connectivity index (χ0) is 15.2. The molecule has 1 unspecified atom stereocenters. The van der Waals surface area contributed by atoms with Crippen LogP contribution in [-0.2, 0) is 21.2 Å². The van der Waals surface area contributed by atoms with Crippen molar-refractivity contribution >= 4 is 15.7 Å². The number of sulfonamides is 1. The highest BCUT2D eigenvalue weighted by Gasteiger charge is 2.22. The number of rotatable bonds is 8. The summed E-state index contributed by atoms with van der Waals surface area (Å²) in [6.07, 6.45) is 0.877. The van der Waals surface area contributed by atoms with Crippen LogP contribution in [0.1, 0.15) is 18.9 Å². The molecule has 0 radical (unpaired) electrons. The SMILES string of the molecule is CCc1ccc(N)cc1S(=O)(=O)NC(CCO)COC. The first-order valence-electron chi connectivity index (χ1n) is 6.45. The van der Waals surface area contributed by atoms with Crippen LogP contribution in [0.5, 0.6) is 0 Å². The molecule has 0 heterocycles. The van der Waals surface area contributed by atoms with Crippen molar-refractivity contribution in [1.29, 1.82) is 0 Å². The van der Waals surface area contributed by atoms with Gasteiger partial charge in [0.05, 0.1) is 11.5 Å². The van der Waals surface area contributed by atoms with Crippen LogP contribution >= 0.6 is 0 Å². The lowest BCUT2D eigenvalue weighted by molar-refractivity contribution is 0.158. The number of benzene rings is 1. The number of ether oxygens (including phenoxy) is 1. The number of nitrogens with two attached hydrogens (primary N) is 1. The van der Waals surface area contributed by atoms with Gasteiger partial charge in [0.15, 0.2) is 0 Å². The normalized spacial score (nSPS) is 13.3. The van der Waals surface area contributed by atoms with Crippen molar-refractivity contribution in [2.24, 2.45) is 0 Å². The minimum absolute atomic E-state index is 0.117. The Kier molecular flexibility index (Phi) is 6.41. The molecule has 1 rings (SSSR count). The summed E-state index contributed by atoms with van der Waals surface area (Å²) in [6.45, 7) is 1.96. The molecule has 1 aromatic rings. The first kappa shape index (κ1) is 16.9. The van der Waals surface area contributed by atoms with Crippen LogP contribution in [0.15, 0.2) is 23.1 Å². The van der Waals surface area contributed by atoms with Crippen LogP contribution in [0.4, 0.5) is 5.69 Å². The highest BCUT2D eigenvalue weighted by molar-refractivity contribution is 7.89. The lowest BCUT2D eigenvalue weighted by Gasteiger charge is -2.18. The zero-order valence-electron chi connectivity index (χ0n) is 11.8. The van der Waals surface area contributed by atoms with Gasteiger partial charge in [0.25, 0.3) is 0 Å². The molecule has 0 aromatic heterocycles. The second-order valence-electron chi connectivity index (χ2n) is 4.51. The smallest absolute Gasteiger partial charge is 0.241 e. The summed E-state index contributed by atoms with van der Waals surface area (Å²) in [5.74, 6) is 0. The van der Waals surface area contributed by atoms with Crippen molar-refractivity contribution in [2.75, 3.05) is 26.1 Å². The predicted octanol–water partition coefficient (Wildman–Crippen LogP) is 0.507. The van der Waals surface area contributed by atoms with E-state index in [4.69, 9.17) is 15.6 Å². The first-order valence-corrected chi connectivity index (χ1v) is 7.93. The lowest BCUT2D eigenvalue weighted by atomic mass is 10.1. The fraction of sp³-hybridized carbons (Fsp3) is 0.538. The molecule has 114 valence electrons. The van der Waals surface area contributed by atoms with Gasteiger partial charge in [-0.3, -0.25) is 0 Å². The van der Waals surface area contributed by atoms with E-state index in [1.165, 1.54) is 13.2 Å². The van der Waals surface area contributed by atoms with Gasteiger partial charge in [0.1, 0.15) is 0 Å². The molecule has 0 aliphatic heterocycles. The van der Waals surface area contributed by atoms with Crippen LogP contribution in [0.3, 0.4) is 0 Å². The number of aliphatic hydroxyl groups excluding tert-OH is 1. The molecular weight excluding hydrogens is 280 g/mol. The number of aryl methyl sites for hydroxylation is 1. The number of hydrogen-bond donors (Lipinski definition) is 3. The fourth-order valence-electron chi connectivity index (χ4n) is 1.93. The van der Waals surface area contributed by atoms with E-state index in [2.05, 4.69) is 4.72 Å². The maximum Gasteiger partial charge on any atom is 0.241 e. The van der Waals surface area contributed by atoms with E-state index in [1.54, 1.807) is 12.1 Å². The first-order chi connectivity index (χ1) is 9.44. The van der Waals surface area contributed by atoms with Crippen LogP contribution in [0.2, 0.25) is 0 Å². The molecule has 1 atom stereocenters. The Morgan fingerprint density at radius 3 is 2.70 bits per heavy atom. The quantitative estimate of drug-likeness (QED) is 0.607. The van der Waals surface area contributed by atoms with Gasteiger partial charge in [-0.1, -0.05) is 13.0 Å². The third kappa shape index (κ3) is 4.45. The minimum atomic E-state index is -3.69. The third-order valence-electron chi connectivity index (χ3n) is 2.93. The molecule has 6 nitrogen and oxygen atoms in total. The summed E-state index contributed by atoms with van der Waals surface area (Å²) >= 11 is 0. The average molecular weight is 302 g/mol. The molecule has 0 amide bonds. The van der Waals surface area contributed by atoms with E-state index in [-0.39, 0.29) is 24.5 Å². The highest BCUT2D eigenvalue weighted by Crippen LogP contribution is 2.20. The lowest BCUT2D eigenvalue weighted by Crippen LogP contribution is -2.39. The molecule has 20 heavy (non-hydrogen) atoms. The molecule has 0 saturated heterocycles. The Labute approximate surface area is 120 Å². The van der Waals surface area contributed by atoms with E-state index in [9.17, 15) is 8.42 Å². The Balaban J connectivity index is 3.06. The van der Waals surface area contributed by atoms with Crippen LogP contribution in [0, 0.1) is 0 Å². The highest BCUT2D eigenvalue weighted by atomic mass is 32.2. The minimum Gasteiger partial charge on any atom is -0.399 e. The monoisotopic (exact) mass is 302 g/mol. The summed E-state index contributed by atoms with van der Waals surface area (Å²) in [6, 6.07) is 4.37. The molecule has 0 fully saturated rings. The van der Waals surface area contributed by atoms with E-state index in [0.717, 1.165) is 0 Å². The number of aliphatic hydroxyl groups is 1. The third-order valence-corrected chi connectivity index (χ3v) is 4.53. The van der Waals surface area contributed by atoms with Crippen molar-refractivity contribution in [3.63, 3.8) is 0 Å². The van der Waals surface area contributed by atoms with E-state index >= 15 is 0 Å². The van der Waals surface area contributed by atoms with Gasteiger partial charge < -0.3 is 15.6 Å². The molecule has 4 N–H and O–H groups in total. The van der Waals surface area contributed by atoms with Gasteiger partial charge in [-0.25, -0.2) is 13.1 Å². The van der Waals surface area contributed by atoms with Crippen LogP contribution in [0.25, 0.3) is 0 Å². The molecule has 0 aliphatic rings. The number of nitrogens with one attached hydrogen (secondary N) is 1. The van der Waals surface area contributed by atoms with Gasteiger partial charge in [0, 0.05) is 25.4 Å². The van der Waals surface area contributed by atoms with Crippen molar-refractivity contribution < 1.29 is 18.3 Å². The number of anilines is 1. The molecular formula is C13H22N2O4S. The van der Waals surface area contributed by atoms with Crippen molar-refractivity contribution in [1.82, 2.24) is 4.72 Å². The standard InChI is InChI=1S/C13H22N2O4S/c1-3-10-4-5-11(14)8-13(10)20(17,18)15-12(6-7-16)9-19-2/h4-5,8,12,15-16H,3,6-7,9,14H2,1-2H3. The van der Waals surface area contributed by atoms with Gasteiger partial charge in [-0.2, -0.15) is 0 Å². The predicted molar refractivity (Wildman–Crippen MR) is 77.9 cm³/mol. The summed E-state index contributed by atoms with van der Waals surface area (Å²) in [4.78, 5) is 0.180. The summed E-state index contributed by atoms with van der Waals surface area (Å²) in [5.41, 5.74) is 6.77. The van der Waals surface area contributed by atoms with Gasteiger partial charge in [0.2, 0.25) is 10.0 Å². The number of hydrogen-bond acceptors (Lipinski definition) is 5. The molecule has 0 spiro atoms. The largest absolute Gasteiger partial charge is 0.399 e. The zero-order valence-corrected chi connectivity index (χ0v) is 12.6. The Morgan fingerprint density at radius 2 is 2.15 bits per heavy atom. The molecule has 1 aromatic carbocycles. The molecule has 0 saturated carbocycles. The van der Waals surface area contributed by atoms with E-state index in [0.29, 0.717) is 17.7 Å².